The van der Waals surface area contributed by atoms with E-state index < -0.39 is 0 Å². The third-order valence-electron chi connectivity index (χ3n) is 5.07. The molecule has 0 bridgehead atoms. The molecule has 3 aromatic carbocycles. The molecule has 0 saturated carbocycles. The number of rotatable bonds is 5. The number of benzene rings is 3. The molecule has 0 N–H and O–H groups in total. The molecule has 0 aromatic heterocycles. The molecular weight excluding hydrogens is 326 g/mol. The number of anilines is 2. The van der Waals surface area contributed by atoms with Crippen LogP contribution in [0, 0.1) is 6.92 Å². The number of nitrogens with zero attached hydrogens (tertiary/aromatic N) is 1. The highest BCUT2D eigenvalue weighted by Gasteiger charge is 2.20. The minimum Gasteiger partial charge on any atom is -0.309 e. The van der Waals surface area contributed by atoms with Crippen LogP contribution in [0.1, 0.15) is 26.3 Å². The van der Waals surface area contributed by atoms with Gasteiger partial charge in [0.05, 0.1) is 11.4 Å². The quantitative estimate of drug-likeness (QED) is 0.424. The molecule has 0 spiro atoms. The van der Waals surface area contributed by atoms with Gasteiger partial charge in [-0.05, 0) is 61.9 Å². The molecule has 0 amide bonds. The van der Waals surface area contributed by atoms with Crippen molar-refractivity contribution in [3.8, 4) is 0 Å². The van der Waals surface area contributed by atoms with Crippen molar-refractivity contribution in [1.29, 1.82) is 0 Å². The van der Waals surface area contributed by atoms with Crippen molar-refractivity contribution < 1.29 is 0 Å². The normalized spacial score (nSPS) is 12.7. The summed E-state index contributed by atoms with van der Waals surface area (Å²) < 4.78 is 0. The highest BCUT2D eigenvalue weighted by Crippen LogP contribution is 2.40. The van der Waals surface area contributed by atoms with Gasteiger partial charge in [-0.2, -0.15) is 0 Å². The minimum absolute atomic E-state index is 1.15. The molecule has 0 atom stereocenters. The van der Waals surface area contributed by atoms with E-state index in [1.54, 1.807) is 0 Å². The van der Waals surface area contributed by atoms with Crippen LogP contribution in [-0.4, -0.2) is 0 Å². The first-order chi connectivity index (χ1) is 13.1. The van der Waals surface area contributed by atoms with Crippen molar-refractivity contribution in [1.82, 2.24) is 0 Å². The first-order valence-corrected chi connectivity index (χ1v) is 9.38. The average molecular weight is 354 g/mol. The van der Waals surface area contributed by atoms with Crippen LogP contribution in [-0.2, 0) is 0 Å². The zero-order valence-electron chi connectivity index (χ0n) is 16.7. The first kappa shape index (κ1) is 18.7. The van der Waals surface area contributed by atoms with Crippen molar-refractivity contribution >= 4 is 22.1 Å². The van der Waals surface area contributed by atoms with Crippen LogP contribution in [0.15, 0.2) is 102 Å². The van der Waals surface area contributed by atoms with E-state index >= 15 is 0 Å². The molecule has 0 aliphatic heterocycles. The largest absolute Gasteiger partial charge is 0.309 e. The second-order valence-corrected chi connectivity index (χ2v) is 6.83. The Balaban J connectivity index is 2.42. The highest BCUT2D eigenvalue weighted by atomic mass is 15.2. The van der Waals surface area contributed by atoms with Crippen molar-refractivity contribution in [2.45, 2.75) is 27.7 Å². The standard InChI is InChI=1S/C26H27N/c1-6-19(3)26(20(4)7-2)27(24-17-11-8-13-21(24)5)25-18-12-15-22-14-9-10-16-23(22)25/h6-18H,1H2,2-5H3/b20-7-,26-19+. The van der Waals surface area contributed by atoms with Gasteiger partial charge in [-0.1, -0.05) is 73.3 Å². The third kappa shape index (κ3) is 3.59. The van der Waals surface area contributed by atoms with Gasteiger partial charge < -0.3 is 4.90 Å². The lowest BCUT2D eigenvalue weighted by Gasteiger charge is -2.32. The summed E-state index contributed by atoms with van der Waals surface area (Å²) in [5.74, 6) is 0. The molecule has 136 valence electrons. The molecule has 0 fully saturated rings. The summed E-state index contributed by atoms with van der Waals surface area (Å²) >= 11 is 0. The Morgan fingerprint density at radius 1 is 0.852 bits per heavy atom. The maximum Gasteiger partial charge on any atom is 0.0540 e. The van der Waals surface area contributed by atoms with E-state index in [9.17, 15) is 0 Å². The highest BCUT2D eigenvalue weighted by molar-refractivity contribution is 5.98. The van der Waals surface area contributed by atoms with E-state index in [1.165, 1.54) is 39.0 Å². The van der Waals surface area contributed by atoms with Crippen molar-refractivity contribution in [2.75, 3.05) is 4.90 Å². The monoisotopic (exact) mass is 353 g/mol. The lowest BCUT2D eigenvalue weighted by atomic mass is 10.0. The number of hydrogen-bond acceptors (Lipinski definition) is 1. The van der Waals surface area contributed by atoms with Gasteiger partial charge in [0, 0.05) is 11.1 Å². The molecule has 3 rings (SSSR count). The smallest absolute Gasteiger partial charge is 0.0540 e. The molecule has 0 radical (unpaired) electrons. The van der Waals surface area contributed by atoms with E-state index in [0.29, 0.717) is 0 Å². The predicted octanol–water partition coefficient (Wildman–Crippen LogP) is 7.71. The summed E-state index contributed by atoms with van der Waals surface area (Å²) in [6, 6.07) is 23.6. The number of aryl methyl sites for hydroxylation is 1. The van der Waals surface area contributed by atoms with Gasteiger partial charge in [-0.25, -0.2) is 0 Å². The maximum absolute atomic E-state index is 4.04. The van der Waals surface area contributed by atoms with Gasteiger partial charge in [0.25, 0.3) is 0 Å². The molecule has 0 saturated heterocycles. The van der Waals surface area contributed by atoms with Crippen molar-refractivity contribution in [3.05, 3.63) is 108 Å². The lowest BCUT2D eigenvalue weighted by molar-refractivity contribution is 1.12. The molecule has 0 unspecified atom stereocenters. The van der Waals surface area contributed by atoms with Crippen LogP contribution in [0.2, 0.25) is 0 Å². The fourth-order valence-corrected chi connectivity index (χ4v) is 3.49. The van der Waals surface area contributed by atoms with E-state index in [0.717, 1.165) is 5.57 Å². The van der Waals surface area contributed by atoms with E-state index in [-0.39, 0.29) is 0 Å². The fourth-order valence-electron chi connectivity index (χ4n) is 3.49. The van der Waals surface area contributed by atoms with Crippen LogP contribution in [0.5, 0.6) is 0 Å². The lowest BCUT2D eigenvalue weighted by Crippen LogP contribution is -2.20. The average Bonchev–Trinajstić information content (AvgIpc) is 2.71. The predicted molar refractivity (Wildman–Crippen MR) is 120 cm³/mol. The molecule has 1 nitrogen and oxygen atoms in total. The van der Waals surface area contributed by atoms with Crippen molar-refractivity contribution in [2.24, 2.45) is 0 Å². The van der Waals surface area contributed by atoms with Crippen LogP contribution in [0.4, 0.5) is 11.4 Å². The van der Waals surface area contributed by atoms with E-state index in [2.05, 4.69) is 112 Å². The topological polar surface area (TPSA) is 3.24 Å². The molecular formula is C26H27N. The summed E-state index contributed by atoms with van der Waals surface area (Å²) in [5, 5.41) is 2.48. The van der Waals surface area contributed by atoms with Crippen LogP contribution < -0.4 is 4.90 Å². The Kier molecular flexibility index (Phi) is 5.61. The molecule has 0 aliphatic carbocycles. The summed E-state index contributed by atoms with van der Waals surface area (Å²) in [5.41, 5.74) is 7.17. The number of fused-ring (bicyclic) bond motifs is 1. The Labute approximate surface area is 163 Å². The van der Waals surface area contributed by atoms with Crippen LogP contribution >= 0.6 is 0 Å². The fraction of sp³-hybridized carbons (Fsp3) is 0.154. The maximum atomic E-state index is 4.04. The molecule has 0 aliphatic rings. The summed E-state index contributed by atoms with van der Waals surface area (Å²) in [4.78, 5) is 2.38. The Morgan fingerprint density at radius 2 is 1.48 bits per heavy atom. The molecule has 27 heavy (non-hydrogen) atoms. The zero-order chi connectivity index (χ0) is 19.4. The number of para-hydroxylation sites is 1. The van der Waals surface area contributed by atoms with Gasteiger partial charge in [0.2, 0.25) is 0 Å². The first-order valence-electron chi connectivity index (χ1n) is 9.38. The third-order valence-corrected chi connectivity index (χ3v) is 5.07. The second-order valence-electron chi connectivity index (χ2n) is 6.83. The van der Waals surface area contributed by atoms with E-state index in [4.69, 9.17) is 0 Å². The van der Waals surface area contributed by atoms with Gasteiger partial charge in [-0.3, -0.25) is 0 Å². The Bertz CT molecular complexity index is 1030. The van der Waals surface area contributed by atoms with Crippen LogP contribution in [0.3, 0.4) is 0 Å². The molecule has 1 heteroatoms. The van der Waals surface area contributed by atoms with Gasteiger partial charge in [-0.15, -0.1) is 0 Å². The number of allylic oxidation sites excluding steroid dienone is 4. The van der Waals surface area contributed by atoms with Crippen molar-refractivity contribution in [3.63, 3.8) is 0 Å². The van der Waals surface area contributed by atoms with Crippen LogP contribution in [0.25, 0.3) is 10.8 Å². The van der Waals surface area contributed by atoms with E-state index in [1.807, 2.05) is 6.08 Å². The molecule has 0 heterocycles. The number of hydrogen-bond donors (Lipinski definition) is 0. The SMILES string of the molecule is C=C/C(C)=C(\C(C)=C/C)N(c1ccccc1C)c1cccc2ccccc12. The van der Waals surface area contributed by atoms with Gasteiger partial charge in [0.1, 0.15) is 0 Å². The minimum atomic E-state index is 1.15. The van der Waals surface area contributed by atoms with Gasteiger partial charge in [0.15, 0.2) is 0 Å². The molecule has 3 aromatic rings. The Hall–Kier alpha value is -3.06. The summed E-state index contributed by atoms with van der Waals surface area (Å²) in [6.07, 6.45) is 4.11. The van der Waals surface area contributed by atoms with Gasteiger partial charge >= 0.3 is 0 Å². The summed E-state index contributed by atoms with van der Waals surface area (Å²) in [6.45, 7) is 12.6. The zero-order valence-corrected chi connectivity index (χ0v) is 16.7. The Morgan fingerprint density at radius 3 is 2.19 bits per heavy atom. The summed E-state index contributed by atoms with van der Waals surface area (Å²) in [7, 11) is 0. The second kappa shape index (κ2) is 8.09.